The van der Waals surface area contributed by atoms with Crippen molar-refractivity contribution in [2.24, 2.45) is 7.05 Å². The van der Waals surface area contributed by atoms with Gasteiger partial charge in [-0.15, -0.1) is 0 Å². The summed E-state index contributed by atoms with van der Waals surface area (Å²) in [5.74, 6) is -0.400. The van der Waals surface area contributed by atoms with Gasteiger partial charge in [0.2, 0.25) is 0 Å². The van der Waals surface area contributed by atoms with Crippen LogP contribution in [0, 0.1) is 13.8 Å². The van der Waals surface area contributed by atoms with Crippen LogP contribution in [-0.2, 0) is 29.7 Å². The first-order valence-electron chi connectivity index (χ1n) is 6.72. The predicted octanol–water partition coefficient (Wildman–Crippen LogP) is 1.90. The van der Waals surface area contributed by atoms with E-state index < -0.39 is 5.97 Å². The van der Waals surface area contributed by atoms with Crippen LogP contribution in [0.15, 0.2) is 24.3 Å². The van der Waals surface area contributed by atoms with Gasteiger partial charge in [-0.05, 0) is 32.9 Å². The molecule has 0 aliphatic heterocycles. The van der Waals surface area contributed by atoms with Crippen LogP contribution in [0.25, 0.3) is 0 Å². The molecule has 6 nitrogen and oxygen atoms in total. The van der Waals surface area contributed by atoms with Crippen LogP contribution < -0.4 is 0 Å². The molecule has 112 valence electrons. The Hall–Kier alpha value is -2.37. The first-order valence-corrected chi connectivity index (χ1v) is 6.72. The lowest BCUT2D eigenvalue weighted by Crippen LogP contribution is -2.07. The van der Waals surface area contributed by atoms with Crippen LogP contribution in [0.1, 0.15) is 29.7 Å². The van der Waals surface area contributed by atoms with Crippen LogP contribution >= 0.6 is 0 Å². The van der Waals surface area contributed by atoms with Crippen molar-refractivity contribution in [1.29, 1.82) is 0 Å². The zero-order valence-electron chi connectivity index (χ0n) is 12.9. The maximum absolute atomic E-state index is 11.4. The number of esters is 1. The molecular formula is C15H20N4O2. The topological polar surface area (TPSA) is 61.9 Å². The average molecular weight is 288 g/mol. The van der Waals surface area contributed by atoms with E-state index in [0.717, 1.165) is 22.8 Å². The normalized spacial score (nSPS) is 10.7. The highest BCUT2D eigenvalue weighted by atomic mass is 16.5. The van der Waals surface area contributed by atoms with Crippen LogP contribution in [0.3, 0.4) is 0 Å². The van der Waals surface area contributed by atoms with E-state index in [1.807, 2.05) is 42.4 Å². The number of carbonyl (C=O) groups is 1. The second-order valence-corrected chi connectivity index (χ2v) is 5.19. The predicted molar refractivity (Wildman–Crippen MR) is 78.6 cm³/mol. The van der Waals surface area contributed by atoms with E-state index >= 15 is 0 Å². The molecule has 0 atom stereocenters. The molecule has 0 spiro atoms. The molecule has 0 aliphatic rings. The van der Waals surface area contributed by atoms with Crippen molar-refractivity contribution >= 4 is 5.97 Å². The average Bonchev–Trinajstić information content (AvgIpc) is 2.91. The lowest BCUT2D eigenvalue weighted by molar-refractivity contribution is -0.140. The summed E-state index contributed by atoms with van der Waals surface area (Å²) < 4.78 is 8.79. The van der Waals surface area contributed by atoms with Crippen molar-refractivity contribution in [3.8, 4) is 0 Å². The van der Waals surface area contributed by atoms with Gasteiger partial charge in [0.15, 0.2) is 0 Å². The van der Waals surface area contributed by atoms with Gasteiger partial charge < -0.3 is 4.74 Å². The van der Waals surface area contributed by atoms with Crippen LogP contribution in [0.5, 0.6) is 0 Å². The zero-order chi connectivity index (χ0) is 15.6. The Kier molecular flexibility index (Phi) is 4.26. The Labute approximate surface area is 124 Å². The number of carbonyl (C=O) groups excluding carboxylic acids is 1. The van der Waals surface area contributed by atoms with Crippen molar-refractivity contribution in [3.63, 3.8) is 0 Å². The molecule has 0 N–H and O–H groups in total. The fraction of sp³-hybridized carbons (Fsp3) is 0.400. The fourth-order valence-electron chi connectivity index (χ4n) is 1.94. The van der Waals surface area contributed by atoms with Gasteiger partial charge in [-0.3, -0.25) is 9.36 Å². The minimum absolute atomic E-state index is 0.154. The van der Waals surface area contributed by atoms with Crippen LogP contribution in [0.4, 0.5) is 0 Å². The first kappa shape index (κ1) is 15.0. The van der Waals surface area contributed by atoms with Crippen molar-refractivity contribution < 1.29 is 9.53 Å². The van der Waals surface area contributed by atoms with E-state index in [0.29, 0.717) is 12.1 Å². The van der Waals surface area contributed by atoms with E-state index in [2.05, 4.69) is 16.8 Å². The lowest BCUT2D eigenvalue weighted by Gasteiger charge is -2.02. The number of aryl methyl sites for hydroxylation is 3. The highest BCUT2D eigenvalue weighted by Gasteiger charge is 2.10. The number of hydrogen-bond acceptors (Lipinski definition) is 4. The second-order valence-electron chi connectivity index (χ2n) is 5.19. The molecule has 0 radical (unpaired) electrons. The molecular weight excluding hydrogens is 268 g/mol. The smallest absolute Gasteiger partial charge is 0.333 e. The van der Waals surface area contributed by atoms with E-state index in [1.54, 1.807) is 6.92 Å². The van der Waals surface area contributed by atoms with Gasteiger partial charge in [0.1, 0.15) is 12.3 Å². The van der Waals surface area contributed by atoms with Crippen molar-refractivity contribution in [3.05, 3.63) is 47.1 Å². The summed E-state index contributed by atoms with van der Waals surface area (Å²) in [5.41, 5.74) is 4.15. The molecule has 6 heteroatoms. The molecule has 0 unspecified atom stereocenters. The monoisotopic (exact) mass is 288 g/mol. The Morgan fingerprint density at radius 3 is 2.48 bits per heavy atom. The first-order chi connectivity index (χ1) is 9.86. The molecule has 0 saturated carbocycles. The second kappa shape index (κ2) is 5.95. The van der Waals surface area contributed by atoms with Gasteiger partial charge in [0.05, 0.1) is 12.2 Å². The summed E-state index contributed by atoms with van der Waals surface area (Å²) in [6, 6.07) is 3.93. The summed E-state index contributed by atoms with van der Waals surface area (Å²) >= 11 is 0. The summed E-state index contributed by atoms with van der Waals surface area (Å²) in [7, 11) is 1.91. The third-order valence-corrected chi connectivity index (χ3v) is 3.21. The van der Waals surface area contributed by atoms with Gasteiger partial charge in [-0.25, -0.2) is 4.79 Å². The summed E-state index contributed by atoms with van der Waals surface area (Å²) in [5, 5.41) is 8.85. The Bertz CT molecular complexity index is 662. The van der Waals surface area contributed by atoms with Crippen molar-refractivity contribution in [1.82, 2.24) is 19.6 Å². The molecule has 2 aromatic rings. The molecule has 2 aromatic heterocycles. The minimum atomic E-state index is -0.400. The highest BCUT2D eigenvalue weighted by Crippen LogP contribution is 2.09. The Morgan fingerprint density at radius 2 is 1.90 bits per heavy atom. The van der Waals surface area contributed by atoms with E-state index in [9.17, 15) is 4.79 Å². The molecule has 0 saturated heterocycles. The number of rotatable bonds is 5. The quantitative estimate of drug-likeness (QED) is 0.623. The van der Waals surface area contributed by atoms with E-state index in [-0.39, 0.29) is 6.61 Å². The van der Waals surface area contributed by atoms with Crippen LogP contribution in [-0.4, -0.2) is 25.5 Å². The number of hydrogen-bond donors (Lipinski definition) is 0. The van der Waals surface area contributed by atoms with E-state index in [4.69, 9.17) is 4.74 Å². The molecule has 2 heterocycles. The van der Waals surface area contributed by atoms with Crippen molar-refractivity contribution in [2.75, 3.05) is 0 Å². The molecule has 0 aliphatic carbocycles. The summed E-state index contributed by atoms with van der Waals surface area (Å²) in [6.45, 7) is 9.89. The molecule has 21 heavy (non-hydrogen) atoms. The fourth-order valence-corrected chi connectivity index (χ4v) is 1.94. The molecule has 0 fully saturated rings. The third kappa shape index (κ3) is 3.59. The molecule has 0 bridgehead atoms. The van der Waals surface area contributed by atoms with Gasteiger partial charge in [-0.1, -0.05) is 6.58 Å². The SMILES string of the molecule is C=C(C)C(=O)OCc1cc(C)n(Cc2cc(C)n(C)n2)n1. The van der Waals surface area contributed by atoms with Gasteiger partial charge in [0, 0.05) is 24.0 Å². The van der Waals surface area contributed by atoms with Crippen LogP contribution in [0.2, 0.25) is 0 Å². The molecule has 0 amide bonds. The maximum Gasteiger partial charge on any atom is 0.333 e. The Morgan fingerprint density at radius 1 is 1.24 bits per heavy atom. The maximum atomic E-state index is 11.4. The lowest BCUT2D eigenvalue weighted by atomic mass is 10.3. The van der Waals surface area contributed by atoms with Gasteiger partial charge in [-0.2, -0.15) is 10.2 Å². The summed E-state index contributed by atoms with van der Waals surface area (Å²) in [4.78, 5) is 11.4. The van der Waals surface area contributed by atoms with Gasteiger partial charge >= 0.3 is 5.97 Å². The number of ether oxygens (including phenoxy) is 1. The third-order valence-electron chi connectivity index (χ3n) is 3.21. The number of aromatic nitrogens is 4. The minimum Gasteiger partial charge on any atom is -0.456 e. The van der Waals surface area contributed by atoms with E-state index in [1.165, 1.54) is 0 Å². The molecule has 2 rings (SSSR count). The highest BCUT2D eigenvalue weighted by molar-refractivity contribution is 5.86. The zero-order valence-corrected chi connectivity index (χ0v) is 12.9. The largest absolute Gasteiger partial charge is 0.456 e. The standard InChI is InChI=1S/C15H20N4O2/c1-10(2)15(20)21-9-14-7-12(4)19(17-14)8-13-6-11(3)18(5)16-13/h6-7H,1,8-9H2,2-5H3. The molecule has 0 aromatic carbocycles. The Balaban J connectivity index is 2.05. The summed E-state index contributed by atoms with van der Waals surface area (Å²) in [6.07, 6.45) is 0. The van der Waals surface area contributed by atoms with Crippen molar-refractivity contribution in [2.45, 2.75) is 33.9 Å². The number of nitrogens with zero attached hydrogens (tertiary/aromatic N) is 4. The van der Waals surface area contributed by atoms with Gasteiger partial charge in [0.25, 0.3) is 0 Å².